The van der Waals surface area contributed by atoms with Gasteiger partial charge in [0.1, 0.15) is 0 Å². The van der Waals surface area contributed by atoms with E-state index in [-0.39, 0.29) is 17.4 Å². The predicted octanol–water partition coefficient (Wildman–Crippen LogP) is 2.25. The maximum Gasteiger partial charge on any atom is 0.328 e. The number of aryl methyl sites for hydroxylation is 2. The van der Waals surface area contributed by atoms with Gasteiger partial charge in [-0.15, -0.1) is 0 Å². The number of hydrogen-bond acceptors (Lipinski definition) is 3. The number of halogens is 1. The van der Waals surface area contributed by atoms with E-state index < -0.39 is 0 Å². The second-order valence-electron chi connectivity index (χ2n) is 5.50. The first kappa shape index (κ1) is 14.5. The van der Waals surface area contributed by atoms with Crippen molar-refractivity contribution in [2.75, 3.05) is 13.2 Å². The average Bonchev–Trinajstić information content (AvgIpc) is 2.71. The lowest BCUT2D eigenvalue weighted by atomic mass is 9.92. The standard InChI is InChI=1S/C15H17BrN2O3/c1-17-12-6-10(14(19)9-4-3-5-21-8-9)11(16)7-13(12)18(2)15(17)20/h6-7,9H,3-5,8H2,1-2H3. The number of Topliss-reactive ketones (excluding diaryl/α,β-unsaturated/α-hetero) is 1. The lowest BCUT2D eigenvalue weighted by Crippen LogP contribution is -2.25. The number of aromatic nitrogens is 2. The Labute approximate surface area is 130 Å². The van der Waals surface area contributed by atoms with Crippen LogP contribution in [-0.2, 0) is 18.8 Å². The number of ether oxygens (including phenoxy) is 1. The molecule has 21 heavy (non-hydrogen) atoms. The van der Waals surface area contributed by atoms with Crippen LogP contribution in [0.3, 0.4) is 0 Å². The monoisotopic (exact) mass is 352 g/mol. The number of nitrogens with zero attached hydrogens (tertiary/aromatic N) is 2. The number of ketones is 1. The van der Waals surface area contributed by atoms with Crippen LogP contribution >= 0.6 is 15.9 Å². The van der Waals surface area contributed by atoms with Gasteiger partial charge in [0.2, 0.25) is 0 Å². The third kappa shape index (κ3) is 2.36. The molecule has 1 aromatic heterocycles. The van der Waals surface area contributed by atoms with E-state index in [9.17, 15) is 9.59 Å². The van der Waals surface area contributed by atoms with Crippen LogP contribution in [0.2, 0.25) is 0 Å². The van der Waals surface area contributed by atoms with Gasteiger partial charge in [-0.05, 0) is 40.9 Å². The van der Waals surface area contributed by atoms with E-state index in [4.69, 9.17) is 4.74 Å². The molecule has 0 N–H and O–H groups in total. The van der Waals surface area contributed by atoms with Gasteiger partial charge in [-0.2, -0.15) is 0 Å². The molecule has 0 bridgehead atoms. The van der Waals surface area contributed by atoms with E-state index in [2.05, 4.69) is 15.9 Å². The number of fused-ring (bicyclic) bond motifs is 1. The van der Waals surface area contributed by atoms with E-state index in [1.165, 1.54) is 0 Å². The van der Waals surface area contributed by atoms with Crippen molar-refractivity contribution in [1.29, 1.82) is 0 Å². The molecule has 1 atom stereocenters. The summed E-state index contributed by atoms with van der Waals surface area (Å²) < 4.78 is 9.28. The van der Waals surface area contributed by atoms with Gasteiger partial charge in [-0.1, -0.05) is 0 Å². The lowest BCUT2D eigenvalue weighted by Gasteiger charge is -2.21. The molecule has 6 heteroatoms. The van der Waals surface area contributed by atoms with Crippen molar-refractivity contribution in [3.05, 3.63) is 32.7 Å². The number of carbonyl (C=O) groups is 1. The van der Waals surface area contributed by atoms with Gasteiger partial charge in [-0.3, -0.25) is 13.9 Å². The number of benzene rings is 1. The van der Waals surface area contributed by atoms with Gasteiger partial charge in [0.25, 0.3) is 0 Å². The number of rotatable bonds is 2. The molecule has 0 radical (unpaired) electrons. The first-order chi connectivity index (χ1) is 10.0. The van der Waals surface area contributed by atoms with Gasteiger partial charge in [-0.25, -0.2) is 4.79 Å². The van der Waals surface area contributed by atoms with Crippen molar-refractivity contribution in [3.63, 3.8) is 0 Å². The normalized spacial score (nSPS) is 19.1. The Morgan fingerprint density at radius 1 is 1.29 bits per heavy atom. The summed E-state index contributed by atoms with van der Waals surface area (Å²) >= 11 is 3.47. The molecule has 0 amide bonds. The highest BCUT2D eigenvalue weighted by Crippen LogP contribution is 2.28. The minimum absolute atomic E-state index is 0.0831. The summed E-state index contributed by atoms with van der Waals surface area (Å²) in [6.45, 7) is 1.22. The minimum atomic E-state index is -0.0949. The van der Waals surface area contributed by atoms with Gasteiger partial charge >= 0.3 is 5.69 Å². The van der Waals surface area contributed by atoms with Crippen molar-refractivity contribution in [2.24, 2.45) is 20.0 Å². The largest absolute Gasteiger partial charge is 0.381 e. The molecule has 112 valence electrons. The van der Waals surface area contributed by atoms with E-state index in [1.807, 2.05) is 6.07 Å². The summed E-state index contributed by atoms with van der Waals surface area (Å²) in [4.78, 5) is 24.7. The van der Waals surface area contributed by atoms with Gasteiger partial charge in [0.05, 0.1) is 17.6 Å². The van der Waals surface area contributed by atoms with E-state index in [0.29, 0.717) is 12.2 Å². The third-order valence-corrected chi connectivity index (χ3v) is 4.81. The molecular formula is C15H17BrN2O3. The Hall–Kier alpha value is -1.40. The number of carbonyl (C=O) groups excluding carboxylic acids is 1. The molecule has 1 aliphatic rings. The average molecular weight is 353 g/mol. The van der Waals surface area contributed by atoms with Crippen molar-refractivity contribution in [1.82, 2.24) is 9.13 Å². The molecule has 0 saturated carbocycles. The Bertz CT molecular complexity index is 769. The summed E-state index contributed by atoms with van der Waals surface area (Å²) in [6, 6.07) is 3.64. The van der Waals surface area contributed by atoms with Gasteiger partial charge in [0.15, 0.2) is 5.78 Å². The van der Waals surface area contributed by atoms with Crippen molar-refractivity contribution in [2.45, 2.75) is 12.8 Å². The molecule has 0 spiro atoms. The van der Waals surface area contributed by atoms with Crippen LogP contribution < -0.4 is 5.69 Å². The predicted molar refractivity (Wildman–Crippen MR) is 83.7 cm³/mol. The highest BCUT2D eigenvalue weighted by atomic mass is 79.9. The molecule has 2 heterocycles. The van der Waals surface area contributed by atoms with Crippen molar-refractivity contribution < 1.29 is 9.53 Å². The summed E-state index contributed by atoms with van der Waals surface area (Å²) in [6.07, 6.45) is 1.77. The molecule has 0 aliphatic carbocycles. The highest BCUT2D eigenvalue weighted by Gasteiger charge is 2.25. The summed E-state index contributed by atoms with van der Waals surface area (Å²) in [7, 11) is 3.45. The zero-order valence-electron chi connectivity index (χ0n) is 12.1. The molecule has 1 aliphatic heterocycles. The molecule has 2 aromatic rings. The molecule has 1 aromatic carbocycles. The third-order valence-electron chi connectivity index (χ3n) is 4.16. The molecule has 5 nitrogen and oxygen atoms in total. The molecule has 1 unspecified atom stereocenters. The zero-order chi connectivity index (χ0) is 15.1. The van der Waals surface area contributed by atoms with Crippen LogP contribution in [-0.4, -0.2) is 28.1 Å². The SMILES string of the molecule is Cn1c(=O)n(C)c2cc(C(=O)C3CCCOC3)c(Br)cc21. The fourth-order valence-corrected chi connectivity index (χ4v) is 3.40. The van der Waals surface area contributed by atoms with Crippen LogP contribution in [0.15, 0.2) is 21.4 Å². The molecule has 1 fully saturated rings. The van der Waals surface area contributed by atoms with Gasteiger partial charge in [0, 0.05) is 36.7 Å². The Kier molecular flexibility index (Phi) is 3.75. The topological polar surface area (TPSA) is 53.2 Å². The molecule has 1 saturated heterocycles. The van der Waals surface area contributed by atoms with E-state index in [0.717, 1.165) is 35.0 Å². The Morgan fingerprint density at radius 2 is 1.95 bits per heavy atom. The first-order valence-corrected chi connectivity index (χ1v) is 7.77. The Balaban J connectivity index is 2.10. The van der Waals surface area contributed by atoms with Crippen LogP contribution in [0.1, 0.15) is 23.2 Å². The first-order valence-electron chi connectivity index (χ1n) is 6.97. The summed E-state index contributed by atoms with van der Waals surface area (Å²) in [5, 5.41) is 0. The number of imidazole rings is 1. The summed E-state index contributed by atoms with van der Waals surface area (Å²) in [5.74, 6) is -0.00647. The minimum Gasteiger partial charge on any atom is -0.381 e. The van der Waals surface area contributed by atoms with E-state index >= 15 is 0 Å². The quantitative estimate of drug-likeness (QED) is 0.779. The maximum atomic E-state index is 12.7. The Morgan fingerprint density at radius 3 is 2.57 bits per heavy atom. The zero-order valence-corrected chi connectivity index (χ0v) is 13.6. The molecular weight excluding hydrogens is 336 g/mol. The molecule has 3 rings (SSSR count). The van der Waals surface area contributed by atoms with Crippen LogP contribution in [0, 0.1) is 5.92 Å². The lowest BCUT2D eigenvalue weighted by molar-refractivity contribution is 0.0461. The summed E-state index contributed by atoms with van der Waals surface area (Å²) in [5.41, 5.74) is 2.11. The second kappa shape index (κ2) is 5.42. The van der Waals surface area contributed by atoms with Crippen molar-refractivity contribution in [3.8, 4) is 0 Å². The highest BCUT2D eigenvalue weighted by molar-refractivity contribution is 9.10. The number of hydrogen-bond donors (Lipinski definition) is 0. The van der Waals surface area contributed by atoms with Crippen molar-refractivity contribution >= 4 is 32.7 Å². The van der Waals surface area contributed by atoms with Crippen LogP contribution in [0.5, 0.6) is 0 Å². The smallest absolute Gasteiger partial charge is 0.328 e. The van der Waals surface area contributed by atoms with Crippen LogP contribution in [0.4, 0.5) is 0 Å². The van der Waals surface area contributed by atoms with E-state index in [1.54, 1.807) is 29.3 Å². The maximum absolute atomic E-state index is 12.7. The fourth-order valence-electron chi connectivity index (χ4n) is 2.88. The van der Waals surface area contributed by atoms with Crippen LogP contribution in [0.25, 0.3) is 11.0 Å². The van der Waals surface area contributed by atoms with Gasteiger partial charge < -0.3 is 4.74 Å². The second-order valence-corrected chi connectivity index (χ2v) is 6.35. The fraction of sp³-hybridized carbons (Fsp3) is 0.467.